The van der Waals surface area contributed by atoms with E-state index in [9.17, 15) is 9.18 Å². The second-order valence-corrected chi connectivity index (χ2v) is 4.75. The number of carbonyl (C=O) groups is 1. The Labute approximate surface area is 115 Å². The van der Waals surface area contributed by atoms with Crippen LogP contribution in [0.4, 0.5) is 10.1 Å². The van der Waals surface area contributed by atoms with Crippen LogP contribution in [0.15, 0.2) is 29.3 Å². The van der Waals surface area contributed by atoms with Crippen LogP contribution in [-0.2, 0) is 0 Å². The van der Waals surface area contributed by atoms with E-state index in [2.05, 4.69) is 22.5 Å². The molecule has 5 heteroatoms. The Bertz CT molecular complexity index is 463. The number of nitrogen functional groups attached to an aromatic ring is 1. The Morgan fingerprint density at radius 3 is 2.83 bits per heavy atom. The summed E-state index contributed by atoms with van der Waals surface area (Å²) in [7, 11) is 0. The van der Waals surface area contributed by atoms with Crippen LogP contribution in [-0.4, -0.2) is 23.9 Å². The lowest BCUT2D eigenvalue weighted by atomic mass is 10.1. The topological polar surface area (TPSA) is 46.3 Å². The van der Waals surface area contributed by atoms with Crippen molar-refractivity contribution >= 4 is 27.5 Å². The minimum Gasteiger partial charge on any atom is -0.396 e. The number of hydrogen-bond acceptors (Lipinski definition) is 2. The molecule has 0 unspecified atom stereocenters. The molecule has 0 aliphatic rings. The SMILES string of the molecule is C=CCN(CCC)C(=O)c1cc(N)c(F)cc1Br. The van der Waals surface area contributed by atoms with Gasteiger partial charge in [-0.3, -0.25) is 4.79 Å². The predicted octanol–water partition coefficient (Wildman–Crippen LogP) is 3.21. The van der Waals surface area contributed by atoms with Gasteiger partial charge in [-0.1, -0.05) is 13.0 Å². The number of carbonyl (C=O) groups excluding carboxylic acids is 1. The van der Waals surface area contributed by atoms with Crippen LogP contribution in [0.5, 0.6) is 0 Å². The van der Waals surface area contributed by atoms with Gasteiger partial charge >= 0.3 is 0 Å². The van der Waals surface area contributed by atoms with E-state index >= 15 is 0 Å². The third-order valence-corrected chi connectivity index (χ3v) is 3.10. The molecule has 0 heterocycles. The number of amides is 1. The molecule has 2 N–H and O–H groups in total. The minimum atomic E-state index is -0.538. The first-order valence-electron chi connectivity index (χ1n) is 5.66. The molecular weight excluding hydrogens is 299 g/mol. The van der Waals surface area contributed by atoms with Crippen LogP contribution in [0.2, 0.25) is 0 Å². The van der Waals surface area contributed by atoms with Crippen molar-refractivity contribution in [2.75, 3.05) is 18.8 Å². The highest BCUT2D eigenvalue weighted by atomic mass is 79.9. The number of nitrogens with two attached hydrogens (primary N) is 1. The Kier molecular flexibility index (Phi) is 5.34. The van der Waals surface area contributed by atoms with Crippen LogP contribution in [0.1, 0.15) is 23.7 Å². The zero-order chi connectivity index (χ0) is 13.7. The molecule has 18 heavy (non-hydrogen) atoms. The van der Waals surface area contributed by atoms with Crippen molar-refractivity contribution in [1.82, 2.24) is 4.90 Å². The van der Waals surface area contributed by atoms with Gasteiger partial charge in [0.1, 0.15) is 5.82 Å². The zero-order valence-electron chi connectivity index (χ0n) is 10.2. The summed E-state index contributed by atoms with van der Waals surface area (Å²) in [5, 5.41) is 0. The van der Waals surface area contributed by atoms with Gasteiger partial charge < -0.3 is 10.6 Å². The van der Waals surface area contributed by atoms with Gasteiger partial charge in [-0.2, -0.15) is 0 Å². The van der Waals surface area contributed by atoms with Gasteiger partial charge in [0.15, 0.2) is 0 Å². The zero-order valence-corrected chi connectivity index (χ0v) is 11.8. The Hall–Kier alpha value is -1.36. The fraction of sp³-hybridized carbons (Fsp3) is 0.308. The second-order valence-electron chi connectivity index (χ2n) is 3.89. The lowest BCUT2D eigenvalue weighted by Gasteiger charge is -2.21. The fourth-order valence-electron chi connectivity index (χ4n) is 1.60. The molecule has 0 saturated heterocycles. The van der Waals surface area contributed by atoms with Gasteiger partial charge in [0.25, 0.3) is 5.91 Å². The molecule has 0 bridgehead atoms. The quantitative estimate of drug-likeness (QED) is 0.670. The highest BCUT2D eigenvalue weighted by Crippen LogP contribution is 2.24. The molecule has 0 fully saturated rings. The number of rotatable bonds is 5. The average molecular weight is 315 g/mol. The molecule has 1 amide bonds. The van der Waals surface area contributed by atoms with Crippen LogP contribution >= 0.6 is 15.9 Å². The van der Waals surface area contributed by atoms with E-state index in [-0.39, 0.29) is 11.6 Å². The summed E-state index contributed by atoms with van der Waals surface area (Å²) in [5.41, 5.74) is 5.82. The van der Waals surface area contributed by atoms with Gasteiger partial charge in [0.05, 0.1) is 11.3 Å². The molecule has 0 aromatic heterocycles. The molecule has 0 radical (unpaired) electrons. The van der Waals surface area contributed by atoms with Gasteiger partial charge in [-0.05, 0) is 34.5 Å². The van der Waals surface area contributed by atoms with Crippen molar-refractivity contribution in [2.45, 2.75) is 13.3 Å². The maximum Gasteiger partial charge on any atom is 0.255 e. The van der Waals surface area contributed by atoms with Crippen molar-refractivity contribution in [3.8, 4) is 0 Å². The molecule has 3 nitrogen and oxygen atoms in total. The molecule has 98 valence electrons. The van der Waals surface area contributed by atoms with Gasteiger partial charge in [0, 0.05) is 17.6 Å². The first kappa shape index (κ1) is 14.7. The lowest BCUT2D eigenvalue weighted by Crippen LogP contribution is -2.32. The monoisotopic (exact) mass is 314 g/mol. The summed E-state index contributed by atoms with van der Waals surface area (Å²) >= 11 is 3.18. The summed E-state index contributed by atoms with van der Waals surface area (Å²) < 4.78 is 13.6. The van der Waals surface area contributed by atoms with Crippen molar-refractivity contribution in [2.24, 2.45) is 0 Å². The molecule has 0 spiro atoms. The van der Waals surface area contributed by atoms with E-state index in [1.54, 1.807) is 11.0 Å². The van der Waals surface area contributed by atoms with E-state index in [1.807, 2.05) is 6.92 Å². The van der Waals surface area contributed by atoms with E-state index in [4.69, 9.17) is 5.73 Å². The first-order valence-corrected chi connectivity index (χ1v) is 6.45. The third kappa shape index (κ3) is 3.32. The maximum absolute atomic E-state index is 13.2. The maximum atomic E-state index is 13.2. The van der Waals surface area contributed by atoms with E-state index in [1.165, 1.54) is 12.1 Å². The molecule has 1 aromatic rings. The standard InChI is InChI=1S/C13H16BrFN2O/c1-3-5-17(6-4-2)13(18)9-7-12(16)11(15)8-10(9)14/h3,7-8H,1,4-6,16H2,2H3. The largest absolute Gasteiger partial charge is 0.396 e. The average Bonchev–Trinajstić information content (AvgIpc) is 2.33. The van der Waals surface area contributed by atoms with Crippen molar-refractivity contribution in [1.29, 1.82) is 0 Å². The predicted molar refractivity (Wildman–Crippen MR) is 74.9 cm³/mol. The fourth-order valence-corrected chi connectivity index (χ4v) is 2.09. The molecule has 0 aliphatic heterocycles. The molecule has 0 atom stereocenters. The number of anilines is 1. The third-order valence-electron chi connectivity index (χ3n) is 2.45. The Morgan fingerprint density at radius 2 is 2.28 bits per heavy atom. The number of benzene rings is 1. The van der Waals surface area contributed by atoms with E-state index < -0.39 is 5.82 Å². The van der Waals surface area contributed by atoms with Crippen LogP contribution in [0, 0.1) is 5.82 Å². The highest BCUT2D eigenvalue weighted by Gasteiger charge is 2.18. The van der Waals surface area contributed by atoms with Crippen molar-refractivity contribution in [3.63, 3.8) is 0 Å². The lowest BCUT2D eigenvalue weighted by molar-refractivity contribution is 0.0773. The van der Waals surface area contributed by atoms with Crippen LogP contribution in [0.3, 0.4) is 0 Å². The summed E-state index contributed by atoms with van der Waals surface area (Å²) in [6.45, 7) is 6.68. The molecular formula is C13H16BrFN2O. The first-order chi connectivity index (χ1) is 8.51. The van der Waals surface area contributed by atoms with Gasteiger partial charge in [-0.15, -0.1) is 6.58 Å². The molecule has 1 rings (SSSR count). The van der Waals surface area contributed by atoms with E-state index in [0.29, 0.717) is 23.1 Å². The Balaban J connectivity index is 3.07. The van der Waals surface area contributed by atoms with Gasteiger partial charge in [-0.25, -0.2) is 4.39 Å². The molecule has 1 aromatic carbocycles. The number of nitrogens with zero attached hydrogens (tertiary/aromatic N) is 1. The van der Waals surface area contributed by atoms with E-state index in [0.717, 1.165) is 6.42 Å². The van der Waals surface area contributed by atoms with Crippen molar-refractivity contribution < 1.29 is 9.18 Å². The summed E-state index contributed by atoms with van der Waals surface area (Å²) in [5.74, 6) is -0.723. The normalized spacial score (nSPS) is 10.2. The highest BCUT2D eigenvalue weighted by molar-refractivity contribution is 9.10. The summed E-state index contributed by atoms with van der Waals surface area (Å²) in [6.07, 6.45) is 2.50. The summed E-state index contributed by atoms with van der Waals surface area (Å²) in [6, 6.07) is 2.56. The van der Waals surface area contributed by atoms with Crippen LogP contribution in [0.25, 0.3) is 0 Å². The summed E-state index contributed by atoms with van der Waals surface area (Å²) in [4.78, 5) is 13.9. The molecule has 0 aliphatic carbocycles. The van der Waals surface area contributed by atoms with Crippen molar-refractivity contribution in [3.05, 3.63) is 40.6 Å². The minimum absolute atomic E-state index is 0.0309. The second kappa shape index (κ2) is 6.54. The Morgan fingerprint density at radius 1 is 1.61 bits per heavy atom. The number of halogens is 2. The molecule has 0 saturated carbocycles. The van der Waals surface area contributed by atoms with Crippen LogP contribution < -0.4 is 5.73 Å². The number of hydrogen-bond donors (Lipinski definition) is 1. The smallest absolute Gasteiger partial charge is 0.255 e. The van der Waals surface area contributed by atoms with Gasteiger partial charge in [0.2, 0.25) is 0 Å².